The van der Waals surface area contributed by atoms with Crippen LogP contribution in [0.1, 0.15) is 24.0 Å². The molecule has 0 fully saturated rings. The summed E-state index contributed by atoms with van der Waals surface area (Å²) >= 11 is 0. The van der Waals surface area contributed by atoms with Crippen LogP contribution in [0.3, 0.4) is 0 Å². The highest BCUT2D eigenvalue weighted by molar-refractivity contribution is 5.62. The molecule has 106 valence electrons. The maximum atomic E-state index is 13.0. The monoisotopic (exact) mass is 272 g/mol. The van der Waals surface area contributed by atoms with Crippen molar-refractivity contribution in [2.24, 2.45) is 0 Å². The van der Waals surface area contributed by atoms with Gasteiger partial charge in [0.25, 0.3) is 0 Å². The van der Waals surface area contributed by atoms with E-state index < -0.39 is 11.7 Å². The van der Waals surface area contributed by atoms with E-state index in [0.29, 0.717) is 12.0 Å². The fraction of sp³-hybridized carbons (Fsp3) is 0.571. The maximum absolute atomic E-state index is 13.0. The van der Waals surface area contributed by atoms with Crippen molar-refractivity contribution in [2.45, 2.75) is 31.5 Å². The van der Waals surface area contributed by atoms with Gasteiger partial charge in [-0.05, 0) is 50.6 Å². The smallest absolute Gasteiger partial charge is 0.371 e. The number of halogens is 3. The van der Waals surface area contributed by atoms with E-state index in [1.54, 1.807) is 6.07 Å². The summed E-state index contributed by atoms with van der Waals surface area (Å²) in [6, 6.07) is 4.63. The number of hydrogen-bond donors (Lipinski definition) is 1. The Bertz CT molecular complexity index is 443. The van der Waals surface area contributed by atoms with Gasteiger partial charge in [-0.15, -0.1) is 0 Å². The molecular formula is C14H19F3N2. The Morgan fingerprint density at radius 2 is 2.11 bits per heavy atom. The molecule has 1 aliphatic heterocycles. The number of nitrogens with one attached hydrogen (secondary N) is 1. The first kappa shape index (κ1) is 14.2. The van der Waals surface area contributed by atoms with Gasteiger partial charge in [-0.25, -0.2) is 0 Å². The third kappa shape index (κ3) is 2.86. The van der Waals surface area contributed by atoms with E-state index in [1.807, 2.05) is 19.0 Å². The molecule has 0 aliphatic carbocycles. The summed E-state index contributed by atoms with van der Waals surface area (Å²) in [5, 5.41) is 3.06. The summed E-state index contributed by atoms with van der Waals surface area (Å²) < 4.78 is 38.9. The number of anilines is 1. The molecule has 5 heteroatoms. The number of likely N-dealkylation sites (N-methyl/N-ethyl adjacent to an activating group) is 1. The van der Waals surface area contributed by atoms with Crippen molar-refractivity contribution in [1.82, 2.24) is 5.32 Å². The number of nitrogens with zero attached hydrogens (tertiary/aromatic N) is 1. The van der Waals surface area contributed by atoms with Gasteiger partial charge in [0.05, 0.1) is 5.56 Å². The summed E-state index contributed by atoms with van der Waals surface area (Å²) in [5.74, 6) is 0. The highest BCUT2D eigenvalue weighted by atomic mass is 19.4. The first-order valence-electron chi connectivity index (χ1n) is 6.51. The van der Waals surface area contributed by atoms with Crippen LogP contribution in [0.25, 0.3) is 0 Å². The van der Waals surface area contributed by atoms with Gasteiger partial charge in [-0.3, -0.25) is 0 Å². The first-order valence-corrected chi connectivity index (χ1v) is 6.51. The highest BCUT2D eigenvalue weighted by Gasteiger charge is 2.38. The van der Waals surface area contributed by atoms with Crippen molar-refractivity contribution in [1.29, 1.82) is 0 Å². The third-order valence-electron chi connectivity index (χ3n) is 3.79. The minimum Gasteiger partial charge on any atom is -0.371 e. The zero-order valence-electron chi connectivity index (χ0n) is 11.2. The van der Waals surface area contributed by atoms with Gasteiger partial charge in [-0.2, -0.15) is 13.2 Å². The number of benzene rings is 1. The van der Waals surface area contributed by atoms with E-state index in [9.17, 15) is 13.2 Å². The molecule has 1 N–H and O–H groups in total. The minimum atomic E-state index is -4.26. The van der Waals surface area contributed by atoms with Crippen LogP contribution in [-0.4, -0.2) is 26.7 Å². The fourth-order valence-electron chi connectivity index (χ4n) is 2.76. The Hall–Kier alpha value is -1.23. The van der Waals surface area contributed by atoms with Gasteiger partial charge < -0.3 is 10.2 Å². The van der Waals surface area contributed by atoms with Crippen molar-refractivity contribution < 1.29 is 13.2 Å². The van der Waals surface area contributed by atoms with E-state index in [4.69, 9.17) is 0 Å². The molecule has 2 rings (SSSR count). The van der Waals surface area contributed by atoms with Crippen molar-refractivity contribution >= 4 is 5.69 Å². The number of rotatable bonds is 4. The molecular weight excluding hydrogens is 253 g/mol. The van der Waals surface area contributed by atoms with Gasteiger partial charge in [0, 0.05) is 18.8 Å². The molecule has 0 saturated carbocycles. The molecule has 19 heavy (non-hydrogen) atoms. The van der Waals surface area contributed by atoms with Crippen molar-refractivity contribution in [3.63, 3.8) is 0 Å². The zero-order valence-corrected chi connectivity index (χ0v) is 11.2. The lowest BCUT2D eigenvalue weighted by Gasteiger charge is -2.22. The second-order valence-electron chi connectivity index (χ2n) is 5.02. The lowest BCUT2D eigenvalue weighted by Crippen LogP contribution is -2.28. The average molecular weight is 272 g/mol. The van der Waals surface area contributed by atoms with Crippen LogP contribution in [0.15, 0.2) is 18.2 Å². The van der Waals surface area contributed by atoms with Gasteiger partial charge in [-0.1, -0.05) is 6.07 Å². The lowest BCUT2D eigenvalue weighted by molar-refractivity contribution is -0.138. The molecule has 0 aromatic heterocycles. The Morgan fingerprint density at radius 3 is 2.74 bits per heavy atom. The van der Waals surface area contributed by atoms with Crippen molar-refractivity contribution in [3.05, 3.63) is 29.3 Å². The summed E-state index contributed by atoms with van der Waals surface area (Å²) in [7, 11) is 3.77. The van der Waals surface area contributed by atoms with E-state index in [0.717, 1.165) is 25.1 Å². The van der Waals surface area contributed by atoms with Crippen molar-refractivity contribution in [2.75, 3.05) is 25.5 Å². The van der Waals surface area contributed by atoms with Crippen LogP contribution in [0.2, 0.25) is 0 Å². The van der Waals surface area contributed by atoms with Crippen molar-refractivity contribution in [3.8, 4) is 0 Å². The Kier molecular flexibility index (Phi) is 4.04. The summed E-state index contributed by atoms with van der Waals surface area (Å²) in [4.78, 5) is 1.99. The molecule has 1 heterocycles. The molecule has 0 saturated heterocycles. The fourth-order valence-corrected chi connectivity index (χ4v) is 2.76. The predicted octanol–water partition coefficient (Wildman–Crippen LogP) is 3.07. The molecule has 0 spiro atoms. The molecule has 1 aromatic carbocycles. The lowest BCUT2D eigenvalue weighted by atomic mass is 10.0. The standard InChI is InChI=1S/C14H19F3N2/c1-18-8-4-5-10-9-11-12(14(15,16)17)6-3-7-13(11)19(10)2/h3,6-7,10,18H,4-5,8-9H2,1-2H3. The van der Waals surface area contributed by atoms with Crippen LogP contribution in [0.4, 0.5) is 18.9 Å². The SMILES string of the molecule is CNCCCC1Cc2c(cccc2C(F)(F)F)N1C. The molecule has 0 radical (unpaired) electrons. The molecule has 2 nitrogen and oxygen atoms in total. The van der Waals surface area contributed by atoms with Crippen LogP contribution >= 0.6 is 0 Å². The molecule has 0 bridgehead atoms. The first-order chi connectivity index (χ1) is 8.95. The molecule has 1 atom stereocenters. The topological polar surface area (TPSA) is 15.3 Å². The quantitative estimate of drug-likeness (QED) is 0.847. The summed E-state index contributed by atoms with van der Waals surface area (Å²) in [6.45, 7) is 0.896. The summed E-state index contributed by atoms with van der Waals surface area (Å²) in [6.07, 6.45) is -1.89. The minimum absolute atomic E-state index is 0.173. The highest BCUT2D eigenvalue weighted by Crippen LogP contribution is 2.41. The second-order valence-corrected chi connectivity index (χ2v) is 5.02. The van der Waals surface area contributed by atoms with E-state index in [2.05, 4.69) is 5.32 Å². The molecule has 1 aliphatic rings. The largest absolute Gasteiger partial charge is 0.416 e. The number of hydrogen-bond acceptors (Lipinski definition) is 2. The Morgan fingerprint density at radius 1 is 1.37 bits per heavy atom. The zero-order chi connectivity index (χ0) is 14.0. The molecule has 1 aromatic rings. The van der Waals surface area contributed by atoms with Gasteiger partial charge in [0.15, 0.2) is 0 Å². The average Bonchev–Trinajstić information content (AvgIpc) is 2.66. The van der Waals surface area contributed by atoms with E-state index >= 15 is 0 Å². The Labute approximate surface area is 111 Å². The van der Waals surface area contributed by atoms with E-state index in [1.165, 1.54) is 12.1 Å². The molecule has 0 amide bonds. The van der Waals surface area contributed by atoms with E-state index in [-0.39, 0.29) is 6.04 Å². The van der Waals surface area contributed by atoms with Crippen LogP contribution < -0.4 is 10.2 Å². The third-order valence-corrected chi connectivity index (χ3v) is 3.79. The number of fused-ring (bicyclic) bond motifs is 1. The van der Waals surface area contributed by atoms with Crippen LogP contribution in [0, 0.1) is 0 Å². The summed E-state index contributed by atoms with van der Waals surface area (Å²) in [5.41, 5.74) is 0.698. The van der Waals surface area contributed by atoms with Crippen LogP contribution in [-0.2, 0) is 12.6 Å². The van der Waals surface area contributed by atoms with Crippen LogP contribution in [0.5, 0.6) is 0 Å². The Balaban J connectivity index is 2.20. The van der Waals surface area contributed by atoms with Gasteiger partial charge in [0.2, 0.25) is 0 Å². The van der Waals surface area contributed by atoms with Gasteiger partial charge in [0.1, 0.15) is 0 Å². The number of alkyl halides is 3. The molecule has 1 unspecified atom stereocenters. The maximum Gasteiger partial charge on any atom is 0.416 e. The normalized spacial score (nSPS) is 18.8. The second kappa shape index (κ2) is 5.41. The predicted molar refractivity (Wildman–Crippen MR) is 70.5 cm³/mol. The van der Waals surface area contributed by atoms with Gasteiger partial charge >= 0.3 is 6.18 Å².